The van der Waals surface area contributed by atoms with E-state index in [-0.39, 0.29) is 5.60 Å². The Morgan fingerprint density at radius 2 is 2.16 bits per heavy atom. The summed E-state index contributed by atoms with van der Waals surface area (Å²) in [5.41, 5.74) is 1.17. The topological polar surface area (TPSA) is 47.0 Å². The first kappa shape index (κ1) is 13.2. The second kappa shape index (κ2) is 5.67. The van der Waals surface area contributed by atoms with Crippen LogP contribution in [0.15, 0.2) is 12.4 Å². The predicted molar refractivity (Wildman–Crippen MR) is 78.8 cm³/mol. The summed E-state index contributed by atoms with van der Waals surface area (Å²) >= 11 is 2.02. The fourth-order valence-corrected chi connectivity index (χ4v) is 3.76. The minimum absolute atomic E-state index is 0.0179. The van der Waals surface area contributed by atoms with E-state index in [0.717, 1.165) is 25.2 Å². The van der Waals surface area contributed by atoms with Gasteiger partial charge in [-0.25, -0.2) is 9.97 Å². The highest BCUT2D eigenvalue weighted by Crippen LogP contribution is 2.39. The number of hydrogen-bond donors (Lipinski definition) is 1. The Morgan fingerprint density at radius 1 is 1.37 bits per heavy atom. The number of rotatable bonds is 5. The molecule has 1 aliphatic carbocycles. The molecule has 0 aromatic carbocycles. The zero-order valence-corrected chi connectivity index (χ0v) is 12.2. The zero-order valence-electron chi connectivity index (χ0n) is 11.4. The van der Waals surface area contributed by atoms with Crippen LogP contribution in [0, 0.1) is 0 Å². The van der Waals surface area contributed by atoms with Gasteiger partial charge >= 0.3 is 0 Å². The Balaban J connectivity index is 1.62. The fraction of sp³-hybridized carbons (Fsp3) is 0.714. The van der Waals surface area contributed by atoms with E-state index in [9.17, 15) is 0 Å². The molecule has 2 heterocycles. The second-order valence-corrected chi connectivity index (χ2v) is 6.68. The summed E-state index contributed by atoms with van der Waals surface area (Å²) in [6.07, 6.45) is 6.45. The number of ether oxygens (including phenoxy) is 1. The van der Waals surface area contributed by atoms with E-state index in [2.05, 4.69) is 21.4 Å². The number of methoxy groups -OCH3 is 1. The Hall–Kier alpha value is -0.810. The highest BCUT2D eigenvalue weighted by atomic mass is 32.2. The summed E-state index contributed by atoms with van der Waals surface area (Å²) < 4.78 is 5.77. The second-order valence-electron chi connectivity index (χ2n) is 5.46. The van der Waals surface area contributed by atoms with Gasteiger partial charge in [0.15, 0.2) is 0 Å². The lowest BCUT2D eigenvalue weighted by atomic mass is 9.96. The Kier molecular flexibility index (Phi) is 3.93. The van der Waals surface area contributed by atoms with Crippen LogP contribution < -0.4 is 5.32 Å². The van der Waals surface area contributed by atoms with Crippen molar-refractivity contribution in [3.05, 3.63) is 18.1 Å². The van der Waals surface area contributed by atoms with Gasteiger partial charge in [0.25, 0.3) is 0 Å². The average molecular weight is 279 g/mol. The Morgan fingerprint density at radius 3 is 2.84 bits per heavy atom. The van der Waals surface area contributed by atoms with Crippen molar-refractivity contribution in [2.24, 2.45) is 0 Å². The lowest BCUT2D eigenvalue weighted by Gasteiger charge is -2.35. The van der Waals surface area contributed by atoms with Gasteiger partial charge in [-0.1, -0.05) is 0 Å². The van der Waals surface area contributed by atoms with E-state index in [4.69, 9.17) is 4.74 Å². The van der Waals surface area contributed by atoms with E-state index in [1.165, 1.54) is 30.0 Å². The van der Waals surface area contributed by atoms with Crippen LogP contribution in [-0.2, 0) is 4.74 Å². The van der Waals surface area contributed by atoms with Crippen molar-refractivity contribution in [2.45, 2.75) is 37.2 Å². The lowest BCUT2D eigenvalue weighted by molar-refractivity contribution is -0.00554. The monoisotopic (exact) mass is 279 g/mol. The number of nitrogens with zero attached hydrogens (tertiary/aromatic N) is 2. The molecule has 1 saturated heterocycles. The van der Waals surface area contributed by atoms with Gasteiger partial charge in [0, 0.05) is 31.3 Å². The molecule has 0 spiro atoms. The van der Waals surface area contributed by atoms with Crippen LogP contribution >= 0.6 is 11.8 Å². The first-order valence-corrected chi connectivity index (χ1v) is 8.15. The molecule has 3 rings (SSSR count). The summed E-state index contributed by atoms with van der Waals surface area (Å²) in [5, 5.41) is 3.44. The summed E-state index contributed by atoms with van der Waals surface area (Å²) in [6.45, 7) is 0.838. The van der Waals surface area contributed by atoms with E-state index >= 15 is 0 Å². The van der Waals surface area contributed by atoms with E-state index in [0.29, 0.717) is 5.92 Å². The highest BCUT2D eigenvalue weighted by molar-refractivity contribution is 7.99. The third kappa shape index (κ3) is 3.20. The normalized spacial score (nSPS) is 22.2. The van der Waals surface area contributed by atoms with Crippen LogP contribution in [0.4, 0.5) is 5.82 Å². The van der Waals surface area contributed by atoms with E-state index < -0.39 is 0 Å². The summed E-state index contributed by atoms with van der Waals surface area (Å²) in [5.74, 6) is 3.98. The minimum Gasteiger partial charge on any atom is -0.376 e. The van der Waals surface area contributed by atoms with Crippen LogP contribution in [0.3, 0.4) is 0 Å². The van der Waals surface area contributed by atoms with Crippen LogP contribution in [-0.4, -0.2) is 40.7 Å². The van der Waals surface area contributed by atoms with Crippen molar-refractivity contribution in [1.82, 2.24) is 9.97 Å². The molecule has 5 heteroatoms. The Bertz CT molecular complexity index is 430. The summed E-state index contributed by atoms with van der Waals surface area (Å²) in [7, 11) is 1.83. The molecule has 1 aromatic heterocycles. The molecular formula is C14H21N3OS. The molecule has 0 bridgehead atoms. The Labute approximate surface area is 118 Å². The lowest BCUT2D eigenvalue weighted by Crippen LogP contribution is -2.42. The van der Waals surface area contributed by atoms with Crippen LogP contribution in [0.25, 0.3) is 0 Å². The fourth-order valence-electron chi connectivity index (χ4n) is 2.52. The van der Waals surface area contributed by atoms with Gasteiger partial charge in [-0.05, 0) is 37.2 Å². The molecule has 1 aromatic rings. The summed E-state index contributed by atoms with van der Waals surface area (Å²) in [4.78, 5) is 8.66. The van der Waals surface area contributed by atoms with Crippen molar-refractivity contribution >= 4 is 17.6 Å². The molecule has 1 N–H and O–H groups in total. The molecule has 104 valence electrons. The highest BCUT2D eigenvalue weighted by Gasteiger charge is 2.32. The molecule has 0 unspecified atom stereocenters. The number of nitrogens with one attached hydrogen (secondary N) is 1. The van der Waals surface area contributed by atoms with E-state index in [1.54, 1.807) is 6.33 Å². The van der Waals surface area contributed by atoms with Crippen molar-refractivity contribution in [1.29, 1.82) is 0 Å². The molecule has 19 heavy (non-hydrogen) atoms. The average Bonchev–Trinajstić information content (AvgIpc) is 3.31. The maximum absolute atomic E-state index is 5.77. The molecule has 1 saturated carbocycles. The smallest absolute Gasteiger partial charge is 0.129 e. The summed E-state index contributed by atoms with van der Waals surface area (Å²) in [6, 6.07) is 2.10. The van der Waals surface area contributed by atoms with Gasteiger partial charge in [-0.3, -0.25) is 0 Å². The van der Waals surface area contributed by atoms with Crippen molar-refractivity contribution in [3.63, 3.8) is 0 Å². The molecule has 0 radical (unpaired) electrons. The standard InChI is InChI=1S/C14H21N3OS/c1-18-14(4-6-19-7-5-14)9-15-13-8-12(11-2-3-11)16-10-17-13/h8,10-11H,2-7,9H2,1H3,(H,15,16,17). The molecule has 4 nitrogen and oxygen atoms in total. The minimum atomic E-state index is -0.0179. The third-order valence-corrected chi connectivity index (χ3v) is 5.10. The quantitative estimate of drug-likeness (QED) is 0.898. The van der Waals surface area contributed by atoms with Crippen LogP contribution in [0.1, 0.15) is 37.3 Å². The largest absolute Gasteiger partial charge is 0.376 e. The number of hydrogen-bond acceptors (Lipinski definition) is 5. The predicted octanol–water partition coefficient (Wildman–Crippen LogP) is 2.68. The number of aromatic nitrogens is 2. The van der Waals surface area contributed by atoms with Crippen molar-refractivity contribution in [2.75, 3.05) is 30.5 Å². The van der Waals surface area contributed by atoms with Crippen molar-refractivity contribution < 1.29 is 4.74 Å². The molecule has 2 fully saturated rings. The third-order valence-electron chi connectivity index (χ3n) is 4.11. The number of thioether (sulfide) groups is 1. The molecule has 1 aliphatic heterocycles. The van der Waals surface area contributed by atoms with E-state index in [1.807, 2.05) is 18.9 Å². The number of anilines is 1. The van der Waals surface area contributed by atoms with Crippen LogP contribution in [0.2, 0.25) is 0 Å². The van der Waals surface area contributed by atoms with Gasteiger partial charge in [0.1, 0.15) is 12.1 Å². The van der Waals surface area contributed by atoms with Crippen LogP contribution in [0.5, 0.6) is 0 Å². The molecule has 0 amide bonds. The van der Waals surface area contributed by atoms with Gasteiger partial charge in [-0.2, -0.15) is 11.8 Å². The van der Waals surface area contributed by atoms with Gasteiger partial charge in [-0.15, -0.1) is 0 Å². The molecule has 2 aliphatic rings. The SMILES string of the molecule is COC1(CNc2cc(C3CC3)ncn2)CCSCC1. The van der Waals surface area contributed by atoms with Crippen molar-refractivity contribution in [3.8, 4) is 0 Å². The zero-order chi connectivity index (χ0) is 13.1. The molecule has 0 atom stereocenters. The van der Waals surface area contributed by atoms with Gasteiger partial charge in [0.2, 0.25) is 0 Å². The molecular weight excluding hydrogens is 258 g/mol. The first-order chi connectivity index (χ1) is 9.31. The maximum atomic E-state index is 5.77. The van der Waals surface area contributed by atoms with Gasteiger partial charge < -0.3 is 10.1 Å². The first-order valence-electron chi connectivity index (χ1n) is 7.00. The maximum Gasteiger partial charge on any atom is 0.129 e. The van der Waals surface area contributed by atoms with Gasteiger partial charge in [0.05, 0.1) is 5.60 Å².